The number of ether oxygens (including phenoxy) is 2. The minimum absolute atomic E-state index is 0.0148. The second-order valence-electron chi connectivity index (χ2n) is 12.3. The number of benzene rings is 1. The summed E-state index contributed by atoms with van der Waals surface area (Å²) in [6.07, 6.45) is 9.39. The van der Waals surface area contributed by atoms with E-state index in [1.54, 1.807) is 53.4 Å². The van der Waals surface area contributed by atoms with Gasteiger partial charge in [0, 0.05) is 79.3 Å². The van der Waals surface area contributed by atoms with Crippen LogP contribution in [0.2, 0.25) is 0 Å². The normalized spacial score (nSPS) is 21.0. The number of amides is 1. The van der Waals surface area contributed by atoms with Crippen LogP contribution < -0.4 is 9.64 Å². The van der Waals surface area contributed by atoms with Gasteiger partial charge in [-0.25, -0.2) is 24.5 Å². The van der Waals surface area contributed by atoms with Gasteiger partial charge in [0.15, 0.2) is 5.82 Å². The van der Waals surface area contributed by atoms with Crippen molar-refractivity contribution in [1.29, 1.82) is 0 Å². The molecular weight excluding hydrogens is 582 g/mol. The van der Waals surface area contributed by atoms with E-state index in [9.17, 15) is 13.6 Å². The van der Waals surface area contributed by atoms with E-state index in [4.69, 9.17) is 14.6 Å². The molecule has 3 aliphatic heterocycles. The number of nitrogens with zero attached hydrogens (tertiary/aromatic N) is 8. The lowest BCUT2D eigenvalue weighted by molar-refractivity contribution is -0.127. The van der Waals surface area contributed by atoms with Gasteiger partial charge in [-0.3, -0.25) is 4.79 Å². The highest BCUT2D eigenvalue weighted by Crippen LogP contribution is 2.53. The van der Waals surface area contributed by atoms with Crippen LogP contribution in [-0.4, -0.2) is 80.3 Å². The third-order valence-electron chi connectivity index (χ3n) is 9.51. The highest BCUT2D eigenvalue weighted by Gasteiger charge is 2.50. The Morgan fingerprint density at radius 1 is 0.978 bits per heavy atom. The molecule has 0 saturated carbocycles. The monoisotopic (exact) mass is 608 g/mol. The molecule has 4 aliphatic rings. The Kier molecular flexibility index (Phi) is 5.55. The van der Waals surface area contributed by atoms with E-state index in [0.717, 1.165) is 59.8 Å². The van der Waals surface area contributed by atoms with Crippen molar-refractivity contribution >= 4 is 17.4 Å². The summed E-state index contributed by atoms with van der Waals surface area (Å²) in [6, 6.07) is 8.38. The fourth-order valence-corrected chi connectivity index (χ4v) is 7.25. The van der Waals surface area contributed by atoms with Crippen LogP contribution in [0.5, 0.6) is 5.75 Å². The lowest BCUT2D eigenvalue weighted by Gasteiger charge is -2.54. The first-order valence-electron chi connectivity index (χ1n) is 14.7. The quantitative estimate of drug-likeness (QED) is 0.288. The SMILES string of the molecule is CN1C(=O)c2cccc(OC(F)F)c2[C@H]2C[C@@H]1c1nn3ccc(-c4cnc(-c5cnc(N6CC7(COC7)C6)nc5)nc4)cc3c12. The second kappa shape index (κ2) is 9.48. The van der Waals surface area contributed by atoms with E-state index >= 15 is 0 Å². The minimum Gasteiger partial charge on any atom is -0.434 e. The molecule has 9 rings (SSSR count). The summed E-state index contributed by atoms with van der Waals surface area (Å²) < 4.78 is 38.9. The molecule has 226 valence electrons. The molecule has 1 aromatic carbocycles. The van der Waals surface area contributed by atoms with Crippen molar-refractivity contribution in [3.8, 4) is 28.3 Å². The molecule has 4 aromatic heterocycles. The lowest BCUT2D eigenvalue weighted by atomic mass is 9.78. The summed E-state index contributed by atoms with van der Waals surface area (Å²) in [6.45, 7) is 0.430. The van der Waals surface area contributed by atoms with Crippen LogP contribution in [-0.2, 0) is 4.74 Å². The topological polar surface area (TPSA) is 111 Å². The first-order chi connectivity index (χ1) is 21.9. The highest BCUT2D eigenvalue weighted by molar-refractivity contribution is 5.98. The Labute approximate surface area is 255 Å². The number of aromatic nitrogens is 6. The zero-order chi connectivity index (χ0) is 30.4. The average Bonchev–Trinajstić information content (AvgIpc) is 3.53. The lowest BCUT2D eigenvalue weighted by Crippen LogP contribution is -2.66. The fourth-order valence-electron chi connectivity index (χ4n) is 7.25. The number of halogens is 2. The largest absolute Gasteiger partial charge is 0.434 e. The van der Waals surface area contributed by atoms with Gasteiger partial charge in [0.25, 0.3) is 5.91 Å². The molecule has 7 heterocycles. The van der Waals surface area contributed by atoms with E-state index in [2.05, 4.69) is 24.8 Å². The molecule has 2 atom stereocenters. The van der Waals surface area contributed by atoms with Gasteiger partial charge in [-0.1, -0.05) is 6.07 Å². The Balaban J connectivity index is 1.04. The Hall–Kier alpha value is -5.04. The number of anilines is 1. The maximum atomic E-state index is 13.4. The van der Waals surface area contributed by atoms with Crippen molar-refractivity contribution in [2.24, 2.45) is 5.41 Å². The Morgan fingerprint density at radius 2 is 1.73 bits per heavy atom. The predicted octanol–water partition coefficient (Wildman–Crippen LogP) is 4.35. The molecule has 1 amide bonds. The average molecular weight is 609 g/mol. The molecule has 1 spiro atoms. The van der Waals surface area contributed by atoms with E-state index in [1.807, 2.05) is 18.3 Å². The number of hydrogen-bond donors (Lipinski definition) is 0. The summed E-state index contributed by atoms with van der Waals surface area (Å²) in [5, 5.41) is 4.84. The van der Waals surface area contributed by atoms with Crippen molar-refractivity contribution in [2.45, 2.75) is 25.0 Å². The molecular formula is C32H26F2N8O3. The van der Waals surface area contributed by atoms with E-state index in [0.29, 0.717) is 29.3 Å². The number of rotatable bonds is 5. The first kappa shape index (κ1) is 26.4. The molecule has 0 radical (unpaired) electrons. The number of hydrogen-bond acceptors (Lipinski definition) is 9. The fraction of sp³-hybridized carbons (Fsp3) is 0.312. The minimum atomic E-state index is -3.01. The molecule has 0 unspecified atom stereocenters. The summed E-state index contributed by atoms with van der Waals surface area (Å²) in [4.78, 5) is 35.4. The Bertz CT molecular complexity index is 1990. The van der Waals surface area contributed by atoms with Crippen molar-refractivity contribution < 1.29 is 23.0 Å². The van der Waals surface area contributed by atoms with Gasteiger partial charge in [0.2, 0.25) is 5.95 Å². The highest BCUT2D eigenvalue weighted by atomic mass is 19.3. The van der Waals surface area contributed by atoms with Gasteiger partial charge in [-0.05, 0) is 36.2 Å². The van der Waals surface area contributed by atoms with Gasteiger partial charge >= 0.3 is 6.61 Å². The molecule has 2 fully saturated rings. The summed E-state index contributed by atoms with van der Waals surface area (Å²) in [5.41, 5.74) is 6.00. The Morgan fingerprint density at radius 3 is 2.44 bits per heavy atom. The van der Waals surface area contributed by atoms with Crippen LogP contribution in [0.3, 0.4) is 0 Å². The van der Waals surface area contributed by atoms with Crippen LogP contribution in [0, 0.1) is 5.41 Å². The van der Waals surface area contributed by atoms with Gasteiger partial charge < -0.3 is 19.3 Å². The molecule has 2 bridgehead atoms. The summed E-state index contributed by atoms with van der Waals surface area (Å²) >= 11 is 0. The number of alkyl halides is 2. The predicted molar refractivity (Wildman–Crippen MR) is 157 cm³/mol. The van der Waals surface area contributed by atoms with Crippen molar-refractivity contribution in [3.05, 3.63) is 83.7 Å². The second-order valence-corrected chi connectivity index (χ2v) is 12.3. The van der Waals surface area contributed by atoms with Crippen LogP contribution in [0.15, 0.2) is 61.3 Å². The van der Waals surface area contributed by atoms with Gasteiger partial charge in [-0.2, -0.15) is 13.9 Å². The zero-order valence-electron chi connectivity index (χ0n) is 24.1. The molecule has 0 N–H and O–H groups in total. The molecule has 2 saturated heterocycles. The maximum absolute atomic E-state index is 13.4. The van der Waals surface area contributed by atoms with Crippen molar-refractivity contribution in [2.75, 3.05) is 38.3 Å². The van der Waals surface area contributed by atoms with E-state index < -0.39 is 6.61 Å². The van der Waals surface area contributed by atoms with Crippen molar-refractivity contribution in [3.63, 3.8) is 0 Å². The molecule has 11 nitrogen and oxygen atoms in total. The number of fused-ring (bicyclic) bond motifs is 9. The number of pyridine rings is 1. The number of carbonyl (C=O) groups excluding carboxylic acids is 1. The van der Waals surface area contributed by atoms with Crippen LogP contribution in [0.4, 0.5) is 14.7 Å². The standard InChI is InChI=1S/C32H26F2N8O3/c1-40-23-8-21(25-20(29(40)43)3-2-4-24(25)45-30(33)34)26-22-7-17(5-6-42(22)39-27(23)26)18-9-35-28(36-10-18)19-11-37-31(38-12-19)41-13-32(14-41)15-44-16-32/h2-7,9-12,21,23,30H,8,13-16H2,1H3/t21-,23-/m1/s1. The van der Waals surface area contributed by atoms with E-state index in [-0.39, 0.29) is 29.0 Å². The number of carbonyl (C=O) groups is 1. The van der Waals surface area contributed by atoms with Crippen LogP contribution in [0.1, 0.15) is 45.6 Å². The first-order valence-corrected chi connectivity index (χ1v) is 14.7. The third kappa shape index (κ3) is 3.96. The van der Waals surface area contributed by atoms with Crippen molar-refractivity contribution in [1.82, 2.24) is 34.4 Å². The summed E-state index contributed by atoms with van der Waals surface area (Å²) in [5.74, 6) is 0.643. The summed E-state index contributed by atoms with van der Waals surface area (Å²) in [7, 11) is 1.73. The van der Waals surface area contributed by atoms with Crippen LogP contribution >= 0.6 is 0 Å². The smallest absolute Gasteiger partial charge is 0.387 e. The van der Waals surface area contributed by atoms with Gasteiger partial charge in [0.05, 0.1) is 41.4 Å². The zero-order valence-corrected chi connectivity index (χ0v) is 24.1. The molecule has 5 aromatic rings. The van der Waals surface area contributed by atoms with E-state index in [1.165, 1.54) is 6.07 Å². The van der Waals surface area contributed by atoms with Crippen LogP contribution in [0.25, 0.3) is 28.0 Å². The molecule has 13 heteroatoms. The maximum Gasteiger partial charge on any atom is 0.387 e. The third-order valence-corrected chi connectivity index (χ3v) is 9.51. The molecule has 45 heavy (non-hydrogen) atoms. The van der Waals surface area contributed by atoms with Gasteiger partial charge in [-0.15, -0.1) is 0 Å². The van der Waals surface area contributed by atoms with Gasteiger partial charge in [0.1, 0.15) is 5.75 Å². The molecule has 1 aliphatic carbocycles.